The maximum absolute atomic E-state index is 11.9. The van der Waals surface area contributed by atoms with Gasteiger partial charge in [0.15, 0.2) is 0 Å². The second-order valence-electron chi connectivity index (χ2n) is 9.51. The monoisotopic (exact) mass is 385 g/mol. The Bertz CT molecular complexity index is 747. The Morgan fingerprint density at radius 2 is 2.07 bits per heavy atom. The zero-order valence-electron chi connectivity index (χ0n) is 17.9. The molecule has 0 N–H and O–H groups in total. The van der Waals surface area contributed by atoms with Crippen molar-refractivity contribution in [1.82, 2.24) is 4.90 Å². The topological polar surface area (TPSA) is 38.8 Å². The third kappa shape index (κ3) is 2.96. The minimum Gasteiger partial charge on any atom is -0.457 e. The van der Waals surface area contributed by atoms with Crippen LogP contribution in [0.5, 0.6) is 5.75 Å². The first-order valence-electron chi connectivity index (χ1n) is 11.0. The van der Waals surface area contributed by atoms with Crippen LogP contribution >= 0.6 is 0 Å². The van der Waals surface area contributed by atoms with Crippen LogP contribution in [-0.4, -0.2) is 37.3 Å². The van der Waals surface area contributed by atoms with Crippen LogP contribution < -0.4 is 4.74 Å². The molecule has 4 nitrogen and oxygen atoms in total. The van der Waals surface area contributed by atoms with E-state index in [2.05, 4.69) is 31.0 Å². The van der Waals surface area contributed by atoms with Crippen molar-refractivity contribution in [2.24, 2.45) is 11.3 Å². The molecule has 0 aromatic heterocycles. The van der Waals surface area contributed by atoms with E-state index in [-0.39, 0.29) is 24.1 Å². The number of esters is 1. The number of hydrogen-bond donors (Lipinski definition) is 0. The Morgan fingerprint density at radius 1 is 1.29 bits per heavy atom. The molecular formula is C24H35NO3. The van der Waals surface area contributed by atoms with Crippen LogP contribution in [0.25, 0.3) is 0 Å². The molecule has 2 aliphatic carbocycles. The van der Waals surface area contributed by atoms with E-state index in [1.807, 2.05) is 19.9 Å². The maximum atomic E-state index is 11.9. The van der Waals surface area contributed by atoms with E-state index in [0.29, 0.717) is 11.5 Å². The molecule has 0 radical (unpaired) electrons. The Morgan fingerprint density at radius 3 is 2.86 bits per heavy atom. The highest BCUT2D eigenvalue weighted by Crippen LogP contribution is 2.62. The standard InChI is InChI=1S/C24H35NO3/c1-5-17(2)22(26)28-16-27-19-9-8-18-14-21-23(3)10-6-7-11-24(23,20(18)15-19)12-13-25(21)4/h8-9,15,17,21H,5-7,10-14,16H2,1-4H3/t17?,21-,23+,24+/m0/s1. The van der Waals surface area contributed by atoms with Gasteiger partial charge in [0, 0.05) is 11.5 Å². The maximum Gasteiger partial charge on any atom is 0.311 e. The summed E-state index contributed by atoms with van der Waals surface area (Å²) in [7, 11) is 2.31. The molecule has 4 heteroatoms. The van der Waals surface area contributed by atoms with Crippen LogP contribution in [0.15, 0.2) is 18.2 Å². The van der Waals surface area contributed by atoms with E-state index in [9.17, 15) is 4.79 Å². The number of benzene rings is 1. The number of hydrogen-bond acceptors (Lipinski definition) is 4. The smallest absolute Gasteiger partial charge is 0.311 e. The fraction of sp³-hybridized carbons (Fsp3) is 0.708. The minimum absolute atomic E-state index is 0.00239. The molecule has 1 aromatic carbocycles. The summed E-state index contributed by atoms with van der Waals surface area (Å²) >= 11 is 0. The molecule has 28 heavy (non-hydrogen) atoms. The lowest BCUT2D eigenvalue weighted by Gasteiger charge is -2.65. The summed E-state index contributed by atoms with van der Waals surface area (Å²) in [6.07, 6.45) is 8.42. The SMILES string of the molecule is CCC(C)C(=O)OCOc1ccc2c(c1)[C@]13CCCC[C@]1(C)[C@H](C2)N(C)CC3. The molecule has 3 aliphatic rings. The Hall–Kier alpha value is -1.55. The first-order valence-corrected chi connectivity index (χ1v) is 11.0. The van der Waals surface area contributed by atoms with Crippen LogP contribution in [-0.2, 0) is 21.4 Å². The third-order valence-electron chi connectivity index (χ3n) is 8.25. The van der Waals surface area contributed by atoms with E-state index in [4.69, 9.17) is 9.47 Å². The Labute approximate surface area is 169 Å². The van der Waals surface area contributed by atoms with E-state index >= 15 is 0 Å². The molecule has 1 saturated heterocycles. The number of piperidine rings is 1. The number of carbonyl (C=O) groups excluding carboxylic acids is 1. The molecule has 0 amide bonds. The fourth-order valence-corrected chi connectivity index (χ4v) is 6.25. The summed E-state index contributed by atoms with van der Waals surface area (Å²) in [4.78, 5) is 14.5. The number of likely N-dealkylation sites (N-methyl/N-ethyl adjacent to an activating group) is 1. The highest BCUT2D eigenvalue weighted by Gasteiger charge is 2.60. The summed E-state index contributed by atoms with van der Waals surface area (Å²) in [5.74, 6) is 0.567. The largest absolute Gasteiger partial charge is 0.457 e. The van der Waals surface area contributed by atoms with E-state index < -0.39 is 0 Å². The van der Waals surface area contributed by atoms with Crippen LogP contribution in [0.4, 0.5) is 0 Å². The lowest BCUT2D eigenvalue weighted by molar-refractivity contribution is -0.154. The van der Waals surface area contributed by atoms with Crippen LogP contribution in [0, 0.1) is 11.3 Å². The Balaban J connectivity index is 1.59. The molecule has 1 saturated carbocycles. The molecule has 0 spiro atoms. The van der Waals surface area contributed by atoms with Crippen LogP contribution in [0.1, 0.15) is 70.4 Å². The molecule has 1 heterocycles. The van der Waals surface area contributed by atoms with Gasteiger partial charge in [0.2, 0.25) is 6.79 Å². The number of nitrogens with zero attached hydrogens (tertiary/aromatic N) is 1. The average Bonchev–Trinajstić information content (AvgIpc) is 2.70. The van der Waals surface area contributed by atoms with E-state index in [1.54, 1.807) is 0 Å². The average molecular weight is 386 g/mol. The summed E-state index contributed by atoms with van der Waals surface area (Å²) < 4.78 is 11.1. The van der Waals surface area contributed by atoms with Crippen LogP contribution in [0.2, 0.25) is 0 Å². The third-order valence-corrected chi connectivity index (χ3v) is 8.25. The van der Waals surface area contributed by atoms with E-state index in [0.717, 1.165) is 18.6 Å². The van der Waals surface area contributed by atoms with Crippen molar-refractivity contribution in [3.05, 3.63) is 29.3 Å². The minimum atomic E-state index is -0.183. The zero-order chi connectivity index (χ0) is 19.9. The van der Waals surface area contributed by atoms with Gasteiger partial charge >= 0.3 is 5.97 Å². The van der Waals surface area contributed by atoms with Crippen molar-refractivity contribution in [2.75, 3.05) is 20.4 Å². The van der Waals surface area contributed by atoms with Crippen molar-refractivity contribution >= 4 is 5.97 Å². The number of carbonyl (C=O) groups is 1. The lowest BCUT2D eigenvalue weighted by Crippen LogP contribution is -2.66. The van der Waals surface area contributed by atoms with Crippen molar-refractivity contribution in [2.45, 2.75) is 77.2 Å². The first kappa shape index (κ1) is 19.8. The molecular weight excluding hydrogens is 350 g/mol. The zero-order valence-corrected chi connectivity index (χ0v) is 17.9. The number of likely N-dealkylation sites (tertiary alicyclic amines) is 1. The fourth-order valence-electron chi connectivity index (χ4n) is 6.25. The van der Waals surface area contributed by atoms with E-state index in [1.165, 1.54) is 49.8 Å². The molecule has 154 valence electrons. The highest BCUT2D eigenvalue weighted by molar-refractivity contribution is 5.71. The molecule has 4 rings (SSSR count). The molecule has 1 unspecified atom stereocenters. The van der Waals surface area contributed by atoms with Gasteiger partial charge in [0.1, 0.15) is 5.75 Å². The second-order valence-corrected chi connectivity index (χ2v) is 9.51. The second kappa shape index (κ2) is 7.37. The van der Waals surface area contributed by atoms with Gasteiger partial charge in [-0.25, -0.2) is 0 Å². The van der Waals surface area contributed by atoms with Crippen molar-refractivity contribution in [3.8, 4) is 5.75 Å². The van der Waals surface area contributed by atoms with Gasteiger partial charge in [-0.05, 0) is 74.4 Å². The van der Waals surface area contributed by atoms with Gasteiger partial charge in [-0.1, -0.05) is 39.7 Å². The van der Waals surface area contributed by atoms with Crippen molar-refractivity contribution in [1.29, 1.82) is 0 Å². The summed E-state index contributed by atoms with van der Waals surface area (Å²) in [5.41, 5.74) is 3.60. The molecule has 2 bridgehead atoms. The molecule has 2 fully saturated rings. The van der Waals surface area contributed by atoms with Gasteiger partial charge in [-0.2, -0.15) is 0 Å². The summed E-state index contributed by atoms with van der Waals surface area (Å²) in [5, 5.41) is 0. The summed E-state index contributed by atoms with van der Waals surface area (Å²) in [6.45, 7) is 7.60. The molecule has 1 aromatic rings. The highest BCUT2D eigenvalue weighted by atomic mass is 16.7. The molecule has 4 atom stereocenters. The number of fused-ring (bicyclic) bond motifs is 1. The summed E-state index contributed by atoms with van der Waals surface area (Å²) in [6, 6.07) is 7.20. The Kier molecular flexibility index (Phi) is 5.20. The normalized spacial score (nSPS) is 32.8. The number of rotatable bonds is 5. The van der Waals surface area contributed by atoms with Crippen LogP contribution in [0.3, 0.4) is 0 Å². The van der Waals surface area contributed by atoms with Gasteiger partial charge < -0.3 is 14.4 Å². The predicted molar refractivity (Wildman–Crippen MR) is 110 cm³/mol. The quantitative estimate of drug-likeness (QED) is 0.544. The van der Waals surface area contributed by atoms with Gasteiger partial charge in [-0.15, -0.1) is 0 Å². The van der Waals surface area contributed by atoms with Gasteiger partial charge in [0.25, 0.3) is 0 Å². The molecule has 1 aliphatic heterocycles. The van der Waals surface area contributed by atoms with Crippen molar-refractivity contribution in [3.63, 3.8) is 0 Å². The first-order chi connectivity index (χ1) is 13.4. The lowest BCUT2D eigenvalue weighted by atomic mass is 9.45. The number of ether oxygens (including phenoxy) is 2. The predicted octanol–water partition coefficient (Wildman–Crippen LogP) is 4.69. The van der Waals surface area contributed by atoms with Gasteiger partial charge in [0.05, 0.1) is 5.92 Å². The van der Waals surface area contributed by atoms with Crippen molar-refractivity contribution < 1.29 is 14.3 Å². The van der Waals surface area contributed by atoms with Gasteiger partial charge in [-0.3, -0.25) is 4.79 Å².